The Morgan fingerprint density at radius 1 is 1.03 bits per heavy atom. The highest BCUT2D eigenvalue weighted by Gasteiger charge is 2.46. The molecule has 0 aromatic heterocycles. The van der Waals surface area contributed by atoms with Crippen LogP contribution in [0.25, 0.3) is 5.76 Å². The Kier molecular flexibility index (Phi) is 9.02. The van der Waals surface area contributed by atoms with Gasteiger partial charge in [0, 0.05) is 17.7 Å². The molecule has 0 saturated carbocycles. The van der Waals surface area contributed by atoms with Crippen molar-refractivity contribution in [3.63, 3.8) is 0 Å². The summed E-state index contributed by atoms with van der Waals surface area (Å²) in [6.45, 7) is 12.2. The van der Waals surface area contributed by atoms with Gasteiger partial charge in [-0.15, -0.1) is 0 Å². The Labute approximate surface area is 220 Å². The number of benzene rings is 2. The molecule has 1 aliphatic heterocycles. The lowest BCUT2D eigenvalue weighted by atomic mass is 9.84. The maximum absolute atomic E-state index is 13.4. The minimum absolute atomic E-state index is 0.0903. The Hall–Kier alpha value is -3.32. The first-order chi connectivity index (χ1) is 17.5. The number of nitrogens with zero attached hydrogens (tertiary/aromatic N) is 2. The molecule has 1 saturated heterocycles. The van der Waals surface area contributed by atoms with Gasteiger partial charge in [-0.2, -0.15) is 0 Å². The van der Waals surface area contributed by atoms with E-state index < -0.39 is 17.7 Å². The molecule has 1 fully saturated rings. The summed E-state index contributed by atoms with van der Waals surface area (Å²) in [6, 6.07) is 12.1. The van der Waals surface area contributed by atoms with E-state index in [2.05, 4.69) is 20.8 Å². The zero-order valence-corrected chi connectivity index (χ0v) is 23.1. The number of amides is 1. The first-order valence-corrected chi connectivity index (χ1v) is 12.9. The highest BCUT2D eigenvalue weighted by molar-refractivity contribution is 6.46. The zero-order valence-electron chi connectivity index (χ0n) is 23.1. The SMILES string of the molecule is CCOc1cccc(C2/C(=C(\O)c3ccc(OCC)c(C(C)(C)C)c3)C(=O)C(=O)N2CCCN(C)C)c1. The van der Waals surface area contributed by atoms with E-state index in [4.69, 9.17) is 9.47 Å². The van der Waals surface area contributed by atoms with Crippen molar-refractivity contribution in [2.45, 2.75) is 52.5 Å². The summed E-state index contributed by atoms with van der Waals surface area (Å²) in [5, 5.41) is 11.6. The molecule has 1 amide bonds. The minimum atomic E-state index is -0.716. The number of hydrogen-bond acceptors (Lipinski definition) is 6. The van der Waals surface area contributed by atoms with Crippen LogP contribution < -0.4 is 9.47 Å². The molecule has 1 heterocycles. The van der Waals surface area contributed by atoms with Gasteiger partial charge in [0.1, 0.15) is 17.3 Å². The lowest BCUT2D eigenvalue weighted by Crippen LogP contribution is -2.32. The van der Waals surface area contributed by atoms with Crippen LogP contribution in [0.5, 0.6) is 11.5 Å². The zero-order chi connectivity index (χ0) is 27.3. The molecular formula is C30H40N2O5. The second kappa shape index (κ2) is 11.8. The normalized spacial score (nSPS) is 17.5. The number of ether oxygens (including phenoxy) is 2. The van der Waals surface area contributed by atoms with Crippen molar-refractivity contribution in [3.8, 4) is 11.5 Å². The molecule has 7 nitrogen and oxygen atoms in total. The molecule has 2 aromatic carbocycles. The van der Waals surface area contributed by atoms with Gasteiger partial charge >= 0.3 is 0 Å². The fourth-order valence-corrected chi connectivity index (χ4v) is 4.66. The number of aliphatic hydroxyl groups is 1. The van der Waals surface area contributed by atoms with Crippen molar-refractivity contribution in [2.24, 2.45) is 0 Å². The smallest absolute Gasteiger partial charge is 0.295 e. The van der Waals surface area contributed by atoms with E-state index in [0.29, 0.717) is 37.5 Å². The lowest BCUT2D eigenvalue weighted by molar-refractivity contribution is -0.139. The molecule has 200 valence electrons. The Morgan fingerprint density at radius 3 is 2.35 bits per heavy atom. The molecule has 1 unspecified atom stereocenters. The number of carbonyl (C=O) groups excluding carboxylic acids is 2. The van der Waals surface area contributed by atoms with Crippen molar-refractivity contribution in [3.05, 3.63) is 64.7 Å². The van der Waals surface area contributed by atoms with Crippen molar-refractivity contribution >= 4 is 17.4 Å². The van der Waals surface area contributed by atoms with Gasteiger partial charge in [0.05, 0.1) is 24.8 Å². The summed E-state index contributed by atoms with van der Waals surface area (Å²) >= 11 is 0. The van der Waals surface area contributed by atoms with Crippen LogP contribution in [0.1, 0.15) is 63.8 Å². The predicted octanol–water partition coefficient (Wildman–Crippen LogP) is 5.15. The summed E-state index contributed by atoms with van der Waals surface area (Å²) in [5.74, 6) is -0.0881. The molecule has 2 aromatic rings. The van der Waals surface area contributed by atoms with E-state index in [1.165, 1.54) is 0 Å². The Bertz CT molecular complexity index is 1160. The standard InChI is InChI=1S/C30H40N2O5/c1-8-36-22-13-10-12-20(18-22)26-25(28(34)29(35)32(26)17-11-16-31(6)7)27(33)21-14-15-24(37-9-2)23(19-21)30(3,4)5/h10,12-15,18-19,26,33H,8-9,11,16-17H2,1-7H3/b27-25+. The molecule has 1 atom stereocenters. The van der Waals surface area contributed by atoms with E-state index in [-0.39, 0.29) is 16.7 Å². The molecule has 3 rings (SSSR count). The van der Waals surface area contributed by atoms with Crippen LogP contribution in [-0.2, 0) is 15.0 Å². The molecule has 0 aliphatic carbocycles. The van der Waals surface area contributed by atoms with Crippen LogP contribution in [-0.4, -0.2) is 67.0 Å². The largest absolute Gasteiger partial charge is 0.507 e. The number of Topliss-reactive ketones (excluding diaryl/α,β-unsaturated/α-hetero) is 1. The Morgan fingerprint density at radius 2 is 1.73 bits per heavy atom. The van der Waals surface area contributed by atoms with Gasteiger partial charge < -0.3 is 24.4 Å². The van der Waals surface area contributed by atoms with Crippen molar-refractivity contribution in [1.29, 1.82) is 0 Å². The summed E-state index contributed by atoms with van der Waals surface area (Å²) in [7, 11) is 3.94. The Balaban J connectivity index is 2.17. The fraction of sp³-hybridized carbons (Fsp3) is 0.467. The second-order valence-corrected chi connectivity index (χ2v) is 10.5. The number of hydrogen-bond donors (Lipinski definition) is 1. The average molecular weight is 509 g/mol. The summed E-state index contributed by atoms with van der Waals surface area (Å²) in [6.07, 6.45) is 0.693. The molecule has 0 spiro atoms. The molecule has 1 aliphatic rings. The maximum atomic E-state index is 13.4. The molecule has 7 heteroatoms. The van der Waals surface area contributed by atoms with Gasteiger partial charge in [-0.25, -0.2) is 0 Å². The van der Waals surface area contributed by atoms with Crippen LogP contribution in [0.4, 0.5) is 0 Å². The molecular weight excluding hydrogens is 468 g/mol. The third-order valence-electron chi connectivity index (χ3n) is 6.39. The van der Waals surface area contributed by atoms with Gasteiger partial charge in [-0.1, -0.05) is 32.9 Å². The number of likely N-dealkylation sites (tertiary alicyclic amines) is 1. The number of carbonyl (C=O) groups is 2. The third-order valence-corrected chi connectivity index (χ3v) is 6.39. The summed E-state index contributed by atoms with van der Waals surface area (Å²) < 4.78 is 11.5. The van der Waals surface area contributed by atoms with Gasteiger partial charge in [0.25, 0.3) is 11.7 Å². The topological polar surface area (TPSA) is 79.3 Å². The average Bonchev–Trinajstić information content (AvgIpc) is 3.08. The van der Waals surface area contributed by atoms with Crippen LogP contribution in [0, 0.1) is 0 Å². The lowest BCUT2D eigenvalue weighted by Gasteiger charge is -2.26. The summed E-state index contributed by atoms with van der Waals surface area (Å²) in [5.41, 5.74) is 1.94. The van der Waals surface area contributed by atoms with Crippen molar-refractivity contribution in [2.75, 3.05) is 40.4 Å². The maximum Gasteiger partial charge on any atom is 0.295 e. The highest BCUT2D eigenvalue weighted by atomic mass is 16.5. The molecule has 0 radical (unpaired) electrons. The van der Waals surface area contributed by atoms with Gasteiger partial charge in [0.15, 0.2) is 0 Å². The predicted molar refractivity (Wildman–Crippen MR) is 146 cm³/mol. The van der Waals surface area contributed by atoms with Crippen LogP contribution >= 0.6 is 0 Å². The van der Waals surface area contributed by atoms with E-state index in [0.717, 1.165) is 23.4 Å². The van der Waals surface area contributed by atoms with Gasteiger partial charge in [-0.3, -0.25) is 9.59 Å². The van der Waals surface area contributed by atoms with Crippen LogP contribution in [0.3, 0.4) is 0 Å². The van der Waals surface area contributed by atoms with Crippen molar-refractivity contribution < 1.29 is 24.2 Å². The molecule has 1 N–H and O–H groups in total. The number of ketones is 1. The van der Waals surface area contributed by atoms with Gasteiger partial charge in [-0.05, 0) is 82.2 Å². The first kappa shape index (κ1) is 28.3. The molecule has 37 heavy (non-hydrogen) atoms. The van der Waals surface area contributed by atoms with Gasteiger partial charge in [0.2, 0.25) is 0 Å². The summed E-state index contributed by atoms with van der Waals surface area (Å²) in [4.78, 5) is 30.3. The fourth-order valence-electron chi connectivity index (χ4n) is 4.66. The third kappa shape index (κ3) is 6.34. The quantitative estimate of drug-likeness (QED) is 0.272. The van der Waals surface area contributed by atoms with Crippen LogP contribution in [0.15, 0.2) is 48.0 Å². The number of rotatable bonds is 10. The minimum Gasteiger partial charge on any atom is -0.507 e. The molecule has 0 bridgehead atoms. The van der Waals surface area contributed by atoms with Crippen LogP contribution in [0.2, 0.25) is 0 Å². The first-order valence-electron chi connectivity index (χ1n) is 12.9. The van der Waals surface area contributed by atoms with E-state index in [9.17, 15) is 14.7 Å². The highest BCUT2D eigenvalue weighted by Crippen LogP contribution is 2.41. The monoisotopic (exact) mass is 508 g/mol. The number of aliphatic hydroxyl groups excluding tert-OH is 1. The van der Waals surface area contributed by atoms with E-state index >= 15 is 0 Å². The second-order valence-electron chi connectivity index (χ2n) is 10.5. The van der Waals surface area contributed by atoms with E-state index in [1.807, 2.05) is 69.2 Å². The van der Waals surface area contributed by atoms with E-state index in [1.54, 1.807) is 11.0 Å². The van der Waals surface area contributed by atoms with Crippen molar-refractivity contribution in [1.82, 2.24) is 9.80 Å².